The molecular weight excluding hydrogens is 252 g/mol. The van der Waals surface area contributed by atoms with Crippen LogP contribution in [0.25, 0.3) is 0 Å². The number of nitrogens with one attached hydrogen (secondary N) is 1. The Labute approximate surface area is 118 Å². The van der Waals surface area contributed by atoms with Crippen LogP contribution in [0.15, 0.2) is 36.4 Å². The molecule has 0 spiro atoms. The van der Waals surface area contributed by atoms with Crippen molar-refractivity contribution in [2.75, 3.05) is 11.1 Å². The molecule has 2 aromatic rings. The van der Waals surface area contributed by atoms with Crippen molar-refractivity contribution in [3.63, 3.8) is 0 Å². The molecule has 0 heterocycles. The fourth-order valence-corrected chi connectivity index (χ4v) is 2.02. The molecule has 2 rings (SSSR count). The van der Waals surface area contributed by atoms with Gasteiger partial charge in [-0.2, -0.15) is 0 Å². The van der Waals surface area contributed by atoms with Crippen molar-refractivity contribution >= 4 is 17.3 Å². The Morgan fingerprint density at radius 1 is 1.20 bits per heavy atom. The molecule has 0 bridgehead atoms. The van der Waals surface area contributed by atoms with Gasteiger partial charge in [0.05, 0.1) is 6.42 Å². The first-order valence-corrected chi connectivity index (χ1v) is 6.40. The minimum absolute atomic E-state index is 0.122. The summed E-state index contributed by atoms with van der Waals surface area (Å²) >= 11 is 0. The van der Waals surface area contributed by atoms with Crippen LogP contribution in [-0.2, 0) is 11.2 Å². The maximum absolute atomic E-state index is 12.0. The van der Waals surface area contributed by atoms with Gasteiger partial charge in [0.15, 0.2) is 0 Å². The number of nitrogens with two attached hydrogens (primary N) is 1. The van der Waals surface area contributed by atoms with E-state index in [1.807, 2.05) is 26.0 Å². The number of amides is 1. The lowest BCUT2D eigenvalue weighted by Crippen LogP contribution is -2.15. The minimum atomic E-state index is -0.122. The quantitative estimate of drug-likeness (QED) is 0.751. The van der Waals surface area contributed by atoms with E-state index in [0.29, 0.717) is 5.69 Å². The number of benzene rings is 2. The maximum Gasteiger partial charge on any atom is 0.228 e. The summed E-state index contributed by atoms with van der Waals surface area (Å²) in [7, 11) is 0. The summed E-state index contributed by atoms with van der Waals surface area (Å²) in [6.45, 7) is 3.80. The van der Waals surface area contributed by atoms with Crippen LogP contribution in [-0.4, -0.2) is 11.0 Å². The van der Waals surface area contributed by atoms with Crippen LogP contribution in [0.3, 0.4) is 0 Å². The fraction of sp³-hybridized carbons (Fsp3) is 0.188. The highest BCUT2D eigenvalue weighted by atomic mass is 16.3. The predicted octanol–water partition coefficient (Wildman–Crippen LogP) is 2.77. The molecule has 0 saturated heterocycles. The number of nitrogen functional groups attached to an aromatic ring is 1. The number of phenolic OH excluding ortho intramolecular Hbond substituents is 1. The molecule has 0 unspecified atom stereocenters. The largest absolute Gasteiger partial charge is 0.508 e. The summed E-state index contributed by atoms with van der Waals surface area (Å²) in [6.07, 6.45) is 0.220. The van der Waals surface area contributed by atoms with E-state index < -0.39 is 0 Å². The first-order valence-electron chi connectivity index (χ1n) is 6.40. The molecule has 0 aliphatic heterocycles. The molecule has 0 aromatic heterocycles. The average Bonchev–Trinajstić information content (AvgIpc) is 2.36. The van der Waals surface area contributed by atoms with Crippen LogP contribution < -0.4 is 11.1 Å². The molecule has 0 fully saturated rings. The SMILES string of the molecule is Cc1cc(NC(=O)Cc2cccc(O)c2)c(C)cc1N. The van der Waals surface area contributed by atoms with E-state index in [0.717, 1.165) is 22.4 Å². The van der Waals surface area contributed by atoms with Gasteiger partial charge in [0.1, 0.15) is 5.75 Å². The zero-order valence-electron chi connectivity index (χ0n) is 11.6. The Morgan fingerprint density at radius 2 is 1.95 bits per heavy atom. The van der Waals surface area contributed by atoms with Gasteiger partial charge < -0.3 is 16.2 Å². The number of carbonyl (C=O) groups is 1. The smallest absolute Gasteiger partial charge is 0.228 e. The lowest BCUT2D eigenvalue weighted by Gasteiger charge is -2.11. The van der Waals surface area contributed by atoms with Gasteiger partial charge in [-0.15, -0.1) is 0 Å². The van der Waals surface area contributed by atoms with E-state index in [4.69, 9.17) is 5.73 Å². The third-order valence-corrected chi connectivity index (χ3v) is 3.16. The number of hydrogen-bond acceptors (Lipinski definition) is 3. The minimum Gasteiger partial charge on any atom is -0.508 e. The van der Waals surface area contributed by atoms with Crippen molar-refractivity contribution in [2.24, 2.45) is 0 Å². The molecule has 0 radical (unpaired) electrons. The van der Waals surface area contributed by atoms with Gasteiger partial charge in [-0.3, -0.25) is 4.79 Å². The molecule has 4 nitrogen and oxygen atoms in total. The van der Waals surface area contributed by atoms with Crippen LogP contribution in [0.2, 0.25) is 0 Å². The Hall–Kier alpha value is -2.49. The van der Waals surface area contributed by atoms with Crippen LogP contribution in [0.4, 0.5) is 11.4 Å². The van der Waals surface area contributed by atoms with Crippen LogP contribution in [0, 0.1) is 13.8 Å². The topological polar surface area (TPSA) is 75.3 Å². The molecule has 2 aromatic carbocycles. The summed E-state index contributed by atoms with van der Waals surface area (Å²) in [5.41, 5.74) is 9.93. The van der Waals surface area contributed by atoms with E-state index in [1.54, 1.807) is 24.3 Å². The average molecular weight is 270 g/mol. The fourth-order valence-electron chi connectivity index (χ4n) is 2.02. The number of anilines is 2. The third kappa shape index (κ3) is 3.29. The van der Waals surface area contributed by atoms with E-state index in [-0.39, 0.29) is 18.1 Å². The van der Waals surface area contributed by atoms with Gasteiger partial charge in [-0.25, -0.2) is 0 Å². The lowest BCUT2D eigenvalue weighted by molar-refractivity contribution is -0.115. The number of phenols is 1. The molecule has 0 atom stereocenters. The number of aromatic hydroxyl groups is 1. The highest BCUT2D eigenvalue weighted by Crippen LogP contribution is 2.22. The van der Waals surface area contributed by atoms with Gasteiger partial charge in [-0.05, 0) is 54.8 Å². The molecule has 0 aliphatic rings. The van der Waals surface area contributed by atoms with Crippen LogP contribution in [0.1, 0.15) is 16.7 Å². The van der Waals surface area contributed by atoms with E-state index >= 15 is 0 Å². The molecule has 0 aliphatic carbocycles. The predicted molar refractivity (Wildman–Crippen MR) is 80.8 cm³/mol. The van der Waals surface area contributed by atoms with Gasteiger partial charge in [0.2, 0.25) is 5.91 Å². The summed E-state index contributed by atoms with van der Waals surface area (Å²) in [6, 6.07) is 10.4. The van der Waals surface area contributed by atoms with Crippen molar-refractivity contribution in [3.05, 3.63) is 53.1 Å². The van der Waals surface area contributed by atoms with Gasteiger partial charge >= 0.3 is 0 Å². The Kier molecular flexibility index (Phi) is 3.94. The second-order valence-corrected chi connectivity index (χ2v) is 4.92. The summed E-state index contributed by atoms with van der Waals surface area (Å²) in [4.78, 5) is 12.0. The first-order chi connectivity index (χ1) is 9.45. The number of rotatable bonds is 3. The second-order valence-electron chi connectivity index (χ2n) is 4.92. The van der Waals surface area contributed by atoms with Gasteiger partial charge in [0.25, 0.3) is 0 Å². The molecule has 1 amide bonds. The molecule has 104 valence electrons. The monoisotopic (exact) mass is 270 g/mol. The normalized spacial score (nSPS) is 10.3. The van der Waals surface area contributed by atoms with Crippen molar-refractivity contribution in [1.29, 1.82) is 0 Å². The number of carbonyl (C=O) groups excluding carboxylic acids is 1. The highest BCUT2D eigenvalue weighted by molar-refractivity contribution is 5.93. The molecular formula is C16H18N2O2. The third-order valence-electron chi connectivity index (χ3n) is 3.16. The second kappa shape index (κ2) is 5.65. The Balaban J connectivity index is 2.10. The van der Waals surface area contributed by atoms with Crippen molar-refractivity contribution in [1.82, 2.24) is 0 Å². The molecule has 4 heteroatoms. The van der Waals surface area contributed by atoms with Crippen LogP contribution in [0.5, 0.6) is 5.75 Å². The zero-order chi connectivity index (χ0) is 14.7. The van der Waals surface area contributed by atoms with E-state index in [1.165, 1.54) is 0 Å². The Bertz CT molecular complexity index is 651. The Morgan fingerprint density at radius 3 is 2.65 bits per heavy atom. The van der Waals surface area contributed by atoms with Gasteiger partial charge in [-0.1, -0.05) is 12.1 Å². The summed E-state index contributed by atoms with van der Waals surface area (Å²) in [5, 5.41) is 12.3. The lowest BCUT2D eigenvalue weighted by atomic mass is 10.1. The van der Waals surface area contributed by atoms with Crippen molar-refractivity contribution in [2.45, 2.75) is 20.3 Å². The van der Waals surface area contributed by atoms with E-state index in [2.05, 4.69) is 5.32 Å². The molecule has 0 saturated carbocycles. The zero-order valence-corrected chi connectivity index (χ0v) is 11.6. The summed E-state index contributed by atoms with van der Waals surface area (Å²) < 4.78 is 0. The highest BCUT2D eigenvalue weighted by Gasteiger charge is 2.08. The molecule has 4 N–H and O–H groups in total. The van der Waals surface area contributed by atoms with Gasteiger partial charge in [0, 0.05) is 11.4 Å². The van der Waals surface area contributed by atoms with Crippen molar-refractivity contribution < 1.29 is 9.90 Å². The maximum atomic E-state index is 12.0. The van der Waals surface area contributed by atoms with Crippen LogP contribution >= 0.6 is 0 Å². The first kappa shape index (κ1) is 13.9. The summed E-state index contributed by atoms with van der Waals surface area (Å²) in [5.74, 6) is 0.0395. The van der Waals surface area contributed by atoms with E-state index in [9.17, 15) is 9.90 Å². The number of hydrogen-bond donors (Lipinski definition) is 3. The molecule has 20 heavy (non-hydrogen) atoms. The van der Waals surface area contributed by atoms with Crippen molar-refractivity contribution in [3.8, 4) is 5.75 Å². The standard InChI is InChI=1S/C16H18N2O2/c1-10-7-15(11(2)6-14(10)17)18-16(20)9-12-4-3-5-13(19)8-12/h3-8,19H,9,17H2,1-2H3,(H,18,20). The number of aryl methyl sites for hydroxylation is 2.